The fourth-order valence-electron chi connectivity index (χ4n) is 3.42. The monoisotopic (exact) mass is 372 g/mol. The summed E-state index contributed by atoms with van der Waals surface area (Å²) in [5, 5.41) is 3.77. The van der Waals surface area contributed by atoms with E-state index in [1.165, 1.54) is 4.31 Å². The number of hydrogen-bond donors (Lipinski definition) is 0. The Labute approximate surface area is 149 Å². The Kier molecular flexibility index (Phi) is 5.90. The second-order valence-electron chi connectivity index (χ2n) is 7.00. The molecule has 0 bridgehead atoms. The molecule has 1 aliphatic heterocycles. The molecule has 0 N–H and O–H groups in total. The van der Waals surface area contributed by atoms with E-state index in [4.69, 9.17) is 4.52 Å². The molecule has 0 aliphatic carbocycles. The van der Waals surface area contributed by atoms with Gasteiger partial charge in [0.15, 0.2) is 5.76 Å². The molecule has 9 heteroatoms. The fourth-order valence-corrected chi connectivity index (χ4v) is 5.18. The Morgan fingerprint density at radius 3 is 2.44 bits per heavy atom. The summed E-state index contributed by atoms with van der Waals surface area (Å²) in [4.78, 5) is 15.4. The zero-order valence-electron chi connectivity index (χ0n) is 15.8. The number of carbonyl (C=O) groups excluding carboxylic acids is 1. The van der Waals surface area contributed by atoms with Crippen LogP contribution in [-0.2, 0) is 14.8 Å². The summed E-state index contributed by atoms with van der Waals surface area (Å²) in [7, 11) is 2.02. The molecule has 1 aromatic rings. The molecule has 25 heavy (non-hydrogen) atoms. The van der Waals surface area contributed by atoms with Crippen molar-refractivity contribution in [2.45, 2.75) is 38.1 Å². The Balaban J connectivity index is 2.23. The highest BCUT2D eigenvalue weighted by molar-refractivity contribution is 7.89. The Bertz CT molecular complexity index is 709. The van der Waals surface area contributed by atoms with Gasteiger partial charge in [0, 0.05) is 39.6 Å². The number of carbonyl (C=O) groups is 1. The first-order valence-corrected chi connectivity index (χ1v) is 9.80. The van der Waals surface area contributed by atoms with Crippen LogP contribution in [0.15, 0.2) is 9.42 Å². The van der Waals surface area contributed by atoms with Crippen LogP contribution >= 0.6 is 0 Å². The van der Waals surface area contributed by atoms with Crippen molar-refractivity contribution in [2.75, 3.05) is 40.8 Å². The number of aromatic nitrogens is 1. The molecule has 2 rings (SSSR count). The van der Waals surface area contributed by atoms with Gasteiger partial charge in [-0.3, -0.25) is 4.79 Å². The third-order valence-electron chi connectivity index (χ3n) is 4.96. The van der Waals surface area contributed by atoms with E-state index in [1.807, 2.05) is 19.0 Å². The van der Waals surface area contributed by atoms with E-state index < -0.39 is 10.0 Å². The third kappa shape index (κ3) is 4.04. The van der Waals surface area contributed by atoms with Crippen LogP contribution < -0.4 is 0 Å². The van der Waals surface area contributed by atoms with Gasteiger partial charge < -0.3 is 14.3 Å². The maximum absolute atomic E-state index is 13.0. The van der Waals surface area contributed by atoms with Gasteiger partial charge >= 0.3 is 0 Å². The number of rotatable bonds is 5. The van der Waals surface area contributed by atoms with Gasteiger partial charge in [0.05, 0.1) is 0 Å². The summed E-state index contributed by atoms with van der Waals surface area (Å²) in [5.74, 6) is 0.556. The van der Waals surface area contributed by atoms with E-state index in [1.54, 1.807) is 32.7 Å². The molecule has 0 saturated carbocycles. The highest BCUT2D eigenvalue weighted by Gasteiger charge is 2.39. The van der Waals surface area contributed by atoms with E-state index in [0.717, 1.165) is 0 Å². The summed E-state index contributed by atoms with van der Waals surface area (Å²) in [6.07, 6.45) is 0.697. The summed E-state index contributed by atoms with van der Waals surface area (Å²) in [5.41, 5.74) is 0.386. The zero-order valence-corrected chi connectivity index (χ0v) is 16.6. The fraction of sp³-hybridized carbons (Fsp3) is 0.750. The first kappa shape index (κ1) is 19.9. The first-order chi connectivity index (χ1) is 11.6. The van der Waals surface area contributed by atoms with Gasteiger partial charge in [-0.25, -0.2) is 8.42 Å². The van der Waals surface area contributed by atoms with Crippen LogP contribution in [0.25, 0.3) is 0 Å². The van der Waals surface area contributed by atoms with Gasteiger partial charge in [-0.15, -0.1) is 0 Å². The van der Waals surface area contributed by atoms with Crippen LogP contribution in [-0.4, -0.2) is 80.4 Å². The summed E-state index contributed by atoms with van der Waals surface area (Å²) < 4.78 is 32.6. The summed E-state index contributed by atoms with van der Waals surface area (Å²) in [6.45, 7) is 6.23. The van der Waals surface area contributed by atoms with E-state index in [2.05, 4.69) is 5.16 Å². The molecule has 1 aromatic heterocycles. The highest BCUT2D eigenvalue weighted by Crippen LogP contribution is 2.29. The predicted octanol–water partition coefficient (Wildman–Crippen LogP) is 0.711. The van der Waals surface area contributed by atoms with Gasteiger partial charge in [0.1, 0.15) is 10.6 Å². The largest absolute Gasteiger partial charge is 0.360 e. The van der Waals surface area contributed by atoms with Gasteiger partial charge in [-0.1, -0.05) is 5.16 Å². The van der Waals surface area contributed by atoms with Crippen molar-refractivity contribution < 1.29 is 17.7 Å². The molecule has 1 amide bonds. The summed E-state index contributed by atoms with van der Waals surface area (Å²) >= 11 is 0. The molecule has 8 nitrogen and oxygen atoms in total. The van der Waals surface area contributed by atoms with Crippen molar-refractivity contribution in [2.24, 2.45) is 5.92 Å². The normalized spacial score (nSPS) is 22.4. The van der Waals surface area contributed by atoms with Crippen LogP contribution in [0.2, 0.25) is 0 Å². The van der Waals surface area contributed by atoms with Gasteiger partial charge in [0.25, 0.3) is 0 Å². The lowest BCUT2D eigenvalue weighted by Gasteiger charge is -2.42. The van der Waals surface area contributed by atoms with Crippen molar-refractivity contribution in [1.29, 1.82) is 0 Å². The Hall–Kier alpha value is -1.45. The van der Waals surface area contributed by atoms with Gasteiger partial charge in [-0.05, 0) is 40.3 Å². The molecular formula is C16H28N4O4S. The van der Waals surface area contributed by atoms with Crippen molar-refractivity contribution in [3.05, 3.63) is 11.5 Å². The van der Waals surface area contributed by atoms with Crippen molar-refractivity contribution in [3.63, 3.8) is 0 Å². The Morgan fingerprint density at radius 2 is 1.96 bits per heavy atom. The van der Waals surface area contributed by atoms with Crippen LogP contribution in [0.1, 0.15) is 24.8 Å². The Morgan fingerprint density at radius 1 is 1.32 bits per heavy atom. The van der Waals surface area contributed by atoms with Crippen molar-refractivity contribution in [3.8, 4) is 0 Å². The third-order valence-corrected chi connectivity index (χ3v) is 7.07. The number of likely N-dealkylation sites (N-methyl/N-ethyl adjacent to an activating group) is 1. The lowest BCUT2D eigenvalue weighted by molar-refractivity contribution is -0.128. The number of amides is 1. The second-order valence-corrected chi connectivity index (χ2v) is 8.87. The minimum absolute atomic E-state index is 0.0169. The maximum Gasteiger partial charge on any atom is 0.248 e. The second kappa shape index (κ2) is 7.43. The molecule has 0 spiro atoms. The van der Waals surface area contributed by atoms with Gasteiger partial charge in [0.2, 0.25) is 15.9 Å². The average molecular weight is 372 g/mol. The van der Waals surface area contributed by atoms with E-state index in [9.17, 15) is 13.2 Å². The quantitative estimate of drug-likeness (QED) is 0.757. The van der Waals surface area contributed by atoms with Crippen LogP contribution in [0.3, 0.4) is 0 Å². The minimum Gasteiger partial charge on any atom is -0.360 e. The van der Waals surface area contributed by atoms with Gasteiger partial charge in [-0.2, -0.15) is 4.31 Å². The number of aryl methyl sites for hydroxylation is 2. The summed E-state index contributed by atoms with van der Waals surface area (Å²) in [6, 6.07) is 0.0331. The lowest BCUT2D eigenvalue weighted by atomic mass is 9.91. The van der Waals surface area contributed by atoms with E-state index in [-0.39, 0.29) is 22.8 Å². The highest BCUT2D eigenvalue weighted by atomic mass is 32.2. The molecular weight excluding hydrogens is 344 g/mol. The minimum atomic E-state index is -3.64. The molecule has 0 aromatic carbocycles. The molecule has 2 atom stereocenters. The lowest BCUT2D eigenvalue weighted by Crippen LogP contribution is -2.54. The molecule has 1 saturated heterocycles. The van der Waals surface area contributed by atoms with E-state index >= 15 is 0 Å². The molecule has 1 aliphatic rings. The molecule has 1 fully saturated rings. The topological polar surface area (TPSA) is 87.0 Å². The zero-order chi connectivity index (χ0) is 18.9. The average Bonchev–Trinajstić information content (AvgIpc) is 2.86. The number of piperidine rings is 1. The number of hydrogen-bond acceptors (Lipinski definition) is 6. The van der Waals surface area contributed by atoms with Crippen LogP contribution in [0.4, 0.5) is 0 Å². The molecule has 0 radical (unpaired) electrons. The van der Waals surface area contributed by atoms with Crippen molar-refractivity contribution in [1.82, 2.24) is 19.3 Å². The standard InChI is InChI=1S/C16H28N4O4S/c1-11-16(12(2)24-17-11)25(22,23)20-8-7-14(9-19(6)13(3)21)15(10-20)18(4)5/h14-15H,7-10H2,1-6H3/t14-,15-/m1/s1. The van der Waals surface area contributed by atoms with E-state index in [0.29, 0.717) is 37.5 Å². The van der Waals surface area contributed by atoms with Crippen LogP contribution in [0.5, 0.6) is 0 Å². The SMILES string of the molecule is CC(=O)N(C)C[C@H]1CCN(S(=O)(=O)c2c(C)noc2C)C[C@H]1N(C)C. The van der Waals surface area contributed by atoms with Crippen molar-refractivity contribution >= 4 is 15.9 Å². The molecule has 0 unspecified atom stereocenters. The molecule has 142 valence electrons. The number of nitrogens with zero attached hydrogens (tertiary/aromatic N) is 4. The molecule has 2 heterocycles. The first-order valence-electron chi connectivity index (χ1n) is 8.36. The van der Waals surface area contributed by atoms with Crippen LogP contribution in [0, 0.1) is 19.8 Å². The maximum atomic E-state index is 13.0. The smallest absolute Gasteiger partial charge is 0.248 e. The predicted molar refractivity (Wildman–Crippen MR) is 93.6 cm³/mol. The number of sulfonamides is 1.